The molecule has 2 bridgehead atoms. The molecule has 0 N–H and O–H groups in total. The Labute approximate surface area is 197 Å². The van der Waals surface area contributed by atoms with Crippen molar-refractivity contribution in [2.45, 2.75) is 28.4 Å². The molecule has 0 aromatic heterocycles. The van der Waals surface area contributed by atoms with E-state index < -0.39 is 26.5 Å². The smallest absolute Gasteiger partial charge is 0.326 e. The average Bonchev–Trinajstić information content (AvgIpc) is 3.03. The number of halogens is 2. The molecule has 3 aliphatic carbocycles. The molecule has 5 nitrogen and oxygen atoms in total. The van der Waals surface area contributed by atoms with Crippen LogP contribution in [0.2, 0.25) is 0 Å². The molecule has 0 spiro atoms. The van der Waals surface area contributed by atoms with Crippen LogP contribution in [0.5, 0.6) is 0 Å². The molecule has 1 heterocycles. The molecule has 7 heteroatoms. The Hall–Kier alpha value is -1.99. The zero-order valence-electron chi connectivity index (χ0n) is 16.9. The molecule has 6 rings (SSSR count). The first kappa shape index (κ1) is 20.9. The molecule has 160 valence electrons. The van der Waals surface area contributed by atoms with Crippen molar-refractivity contribution in [3.05, 3.63) is 70.8 Å². The van der Waals surface area contributed by atoms with Crippen LogP contribution in [-0.2, 0) is 27.8 Å². The molecule has 2 aromatic carbocycles. The molecular weight excluding hydrogens is 526 g/mol. The van der Waals surface area contributed by atoms with Crippen LogP contribution in [-0.4, -0.2) is 35.8 Å². The van der Waals surface area contributed by atoms with Crippen molar-refractivity contribution < 1.29 is 19.1 Å². The number of benzene rings is 2. The van der Waals surface area contributed by atoms with E-state index in [2.05, 4.69) is 31.9 Å². The van der Waals surface area contributed by atoms with Gasteiger partial charge in [-0.2, -0.15) is 0 Å². The molecular formula is C24H21Br2NO4. The SMILES string of the molecule is CCCCOC(=O)CN1C(=O)[C@@H]2[C@H](C1=O)C1(Br)c3ccccc3C2(Br)c2ccccc21. The molecule has 2 amide bonds. The minimum Gasteiger partial charge on any atom is -0.464 e. The molecule has 2 aromatic rings. The van der Waals surface area contributed by atoms with Crippen LogP contribution >= 0.6 is 31.9 Å². The fourth-order valence-corrected chi connectivity index (χ4v) is 7.69. The summed E-state index contributed by atoms with van der Waals surface area (Å²) in [6.45, 7) is 1.94. The van der Waals surface area contributed by atoms with Gasteiger partial charge in [0, 0.05) is 0 Å². The van der Waals surface area contributed by atoms with Gasteiger partial charge in [-0.15, -0.1) is 0 Å². The number of carbonyl (C=O) groups is 3. The highest BCUT2D eigenvalue weighted by molar-refractivity contribution is 9.10. The number of rotatable bonds is 5. The Morgan fingerprint density at radius 2 is 1.32 bits per heavy atom. The lowest BCUT2D eigenvalue weighted by Crippen LogP contribution is -2.56. The Morgan fingerprint density at radius 1 is 0.903 bits per heavy atom. The maximum atomic E-state index is 13.6. The van der Waals surface area contributed by atoms with E-state index in [1.165, 1.54) is 0 Å². The fraction of sp³-hybridized carbons (Fsp3) is 0.375. The Bertz CT molecular complexity index is 993. The Balaban J connectivity index is 1.62. The highest BCUT2D eigenvalue weighted by Crippen LogP contribution is 2.70. The summed E-state index contributed by atoms with van der Waals surface area (Å²) in [4.78, 5) is 40.7. The molecule has 1 saturated heterocycles. The van der Waals surface area contributed by atoms with Gasteiger partial charge in [0.15, 0.2) is 0 Å². The third kappa shape index (κ3) is 2.62. The van der Waals surface area contributed by atoms with Gasteiger partial charge in [-0.25, -0.2) is 0 Å². The summed E-state index contributed by atoms with van der Waals surface area (Å²) in [6, 6.07) is 15.8. The quantitative estimate of drug-likeness (QED) is 0.243. The summed E-state index contributed by atoms with van der Waals surface area (Å²) in [5, 5.41) is 0. The molecule has 31 heavy (non-hydrogen) atoms. The van der Waals surface area contributed by atoms with E-state index in [4.69, 9.17) is 4.74 Å². The lowest BCUT2D eigenvalue weighted by molar-refractivity contribution is -0.153. The van der Waals surface area contributed by atoms with Crippen molar-refractivity contribution in [2.75, 3.05) is 13.2 Å². The summed E-state index contributed by atoms with van der Waals surface area (Å²) < 4.78 is 3.55. The van der Waals surface area contributed by atoms with Crippen LogP contribution in [0, 0.1) is 11.8 Å². The largest absolute Gasteiger partial charge is 0.464 e. The van der Waals surface area contributed by atoms with Gasteiger partial charge in [0.25, 0.3) is 0 Å². The van der Waals surface area contributed by atoms with Crippen molar-refractivity contribution in [3.63, 3.8) is 0 Å². The number of nitrogens with zero attached hydrogens (tertiary/aromatic N) is 1. The van der Waals surface area contributed by atoms with Gasteiger partial charge < -0.3 is 4.74 Å². The van der Waals surface area contributed by atoms with Crippen molar-refractivity contribution >= 4 is 49.6 Å². The zero-order valence-corrected chi connectivity index (χ0v) is 20.1. The van der Waals surface area contributed by atoms with Crippen molar-refractivity contribution in [1.82, 2.24) is 4.90 Å². The van der Waals surface area contributed by atoms with E-state index >= 15 is 0 Å². The summed E-state index contributed by atoms with van der Waals surface area (Å²) in [7, 11) is 0. The van der Waals surface area contributed by atoms with Crippen LogP contribution in [0.4, 0.5) is 0 Å². The minimum atomic E-state index is -0.839. The molecule has 1 aliphatic heterocycles. The lowest BCUT2D eigenvalue weighted by atomic mass is 9.54. The van der Waals surface area contributed by atoms with Crippen molar-refractivity contribution in [2.24, 2.45) is 11.8 Å². The molecule has 0 saturated carbocycles. The average molecular weight is 547 g/mol. The van der Waals surface area contributed by atoms with Crippen LogP contribution in [0.25, 0.3) is 0 Å². The van der Waals surface area contributed by atoms with Crippen LogP contribution in [0.1, 0.15) is 42.0 Å². The van der Waals surface area contributed by atoms with E-state index in [1.807, 2.05) is 55.5 Å². The second-order valence-corrected chi connectivity index (χ2v) is 10.8. The third-order valence-corrected chi connectivity index (χ3v) is 9.42. The van der Waals surface area contributed by atoms with Crippen LogP contribution in [0.15, 0.2) is 48.5 Å². The second-order valence-electron chi connectivity index (χ2n) is 8.31. The fourth-order valence-electron chi connectivity index (χ4n) is 5.39. The van der Waals surface area contributed by atoms with Gasteiger partial charge in [0.05, 0.1) is 27.1 Å². The second kappa shape index (κ2) is 7.27. The van der Waals surface area contributed by atoms with E-state index in [1.54, 1.807) is 0 Å². The van der Waals surface area contributed by atoms with Crippen molar-refractivity contribution in [1.29, 1.82) is 0 Å². The summed E-state index contributed by atoms with van der Waals surface area (Å²) in [5.41, 5.74) is 3.89. The molecule has 0 unspecified atom stereocenters. The van der Waals surface area contributed by atoms with Crippen molar-refractivity contribution in [3.8, 4) is 0 Å². The number of likely N-dealkylation sites (tertiary alicyclic amines) is 1. The van der Waals surface area contributed by atoms with Gasteiger partial charge >= 0.3 is 5.97 Å². The molecule has 1 fully saturated rings. The topological polar surface area (TPSA) is 63.7 Å². The number of hydrogen-bond acceptors (Lipinski definition) is 4. The summed E-state index contributed by atoms with van der Waals surface area (Å²) >= 11 is 7.88. The number of unbranched alkanes of at least 4 members (excludes halogenated alkanes) is 1. The van der Waals surface area contributed by atoms with E-state index in [0.717, 1.165) is 40.0 Å². The number of carbonyl (C=O) groups excluding carboxylic acids is 3. The molecule has 2 atom stereocenters. The number of hydrogen-bond donors (Lipinski definition) is 0. The van der Waals surface area contributed by atoms with E-state index in [9.17, 15) is 14.4 Å². The van der Waals surface area contributed by atoms with Gasteiger partial charge in [-0.05, 0) is 28.7 Å². The lowest BCUT2D eigenvalue weighted by Gasteiger charge is -2.55. The number of alkyl halides is 2. The van der Waals surface area contributed by atoms with Gasteiger partial charge in [0.1, 0.15) is 6.54 Å². The maximum absolute atomic E-state index is 13.6. The van der Waals surface area contributed by atoms with Gasteiger partial charge in [-0.1, -0.05) is 93.7 Å². The van der Waals surface area contributed by atoms with E-state index in [-0.39, 0.29) is 18.4 Å². The highest BCUT2D eigenvalue weighted by Gasteiger charge is 2.72. The first-order valence-corrected chi connectivity index (χ1v) is 12.0. The predicted octanol–water partition coefficient (Wildman–Crippen LogP) is 4.24. The number of imide groups is 1. The summed E-state index contributed by atoms with van der Waals surface area (Å²) in [6.07, 6.45) is 1.65. The normalized spacial score (nSPS) is 30.1. The molecule has 4 aliphatic rings. The van der Waals surface area contributed by atoms with Crippen LogP contribution < -0.4 is 0 Å². The van der Waals surface area contributed by atoms with Crippen LogP contribution in [0.3, 0.4) is 0 Å². The Morgan fingerprint density at radius 3 is 1.71 bits per heavy atom. The Kier molecular flexibility index (Phi) is 4.90. The van der Waals surface area contributed by atoms with Gasteiger partial charge in [0.2, 0.25) is 11.8 Å². The molecule has 0 radical (unpaired) electrons. The number of amides is 2. The minimum absolute atomic E-state index is 0.292. The predicted molar refractivity (Wildman–Crippen MR) is 122 cm³/mol. The first-order valence-electron chi connectivity index (χ1n) is 10.4. The first-order chi connectivity index (χ1) is 14.9. The van der Waals surface area contributed by atoms with Gasteiger partial charge in [-0.3, -0.25) is 19.3 Å². The standard InChI is InChI=1S/C24H21Br2NO4/c1-2-3-12-31-18(28)13-27-21(29)19-20(22(27)30)24(26)15-9-5-4-8-14(15)23(19,25)16-10-6-7-11-17(16)24/h4-11,19-20H,2-3,12-13H2,1H3/t19-,20+,23?,24?. The highest BCUT2D eigenvalue weighted by atomic mass is 79.9. The monoisotopic (exact) mass is 545 g/mol. The van der Waals surface area contributed by atoms with E-state index in [0.29, 0.717) is 6.61 Å². The zero-order chi connectivity index (χ0) is 22.0. The number of ether oxygens (including phenoxy) is 1. The third-order valence-electron chi connectivity index (χ3n) is 6.72. The summed E-state index contributed by atoms with van der Waals surface area (Å²) in [5.74, 6) is -2.55. The number of esters is 1. The maximum Gasteiger partial charge on any atom is 0.326 e.